The summed E-state index contributed by atoms with van der Waals surface area (Å²) in [5.74, 6) is -1.27. The van der Waals surface area contributed by atoms with Crippen molar-refractivity contribution < 1.29 is 14.7 Å². The van der Waals surface area contributed by atoms with Crippen LogP contribution in [0.25, 0.3) is 0 Å². The van der Waals surface area contributed by atoms with Crippen LogP contribution < -0.4 is 11.1 Å². The average Bonchev–Trinajstić information content (AvgIpc) is 2.60. The molecule has 0 bridgehead atoms. The quantitative estimate of drug-likeness (QED) is 0.615. The molecule has 82 valence electrons. The Morgan fingerprint density at radius 2 is 2.27 bits per heavy atom. The van der Waals surface area contributed by atoms with Crippen LogP contribution in [0.3, 0.4) is 0 Å². The lowest BCUT2D eigenvalue weighted by Gasteiger charge is -1.99. The van der Waals surface area contributed by atoms with Crippen LogP contribution in [0.4, 0.5) is 0 Å². The lowest BCUT2D eigenvalue weighted by atomic mass is 10.3. The lowest BCUT2D eigenvalue weighted by molar-refractivity contribution is -0.136. The van der Waals surface area contributed by atoms with Crippen molar-refractivity contribution in [1.29, 1.82) is 0 Å². The topological polar surface area (TPSA) is 92.4 Å². The zero-order valence-corrected chi connectivity index (χ0v) is 8.84. The second-order valence-corrected chi connectivity index (χ2v) is 3.98. The predicted molar refractivity (Wildman–Crippen MR) is 56.8 cm³/mol. The first-order chi connectivity index (χ1) is 7.09. The molecule has 1 amide bonds. The molecule has 0 unspecified atom stereocenters. The van der Waals surface area contributed by atoms with Gasteiger partial charge in [0.25, 0.3) is 0 Å². The molecule has 0 saturated heterocycles. The Morgan fingerprint density at radius 1 is 1.53 bits per heavy atom. The van der Waals surface area contributed by atoms with E-state index in [0.717, 1.165) is 4.88 Å². The van der Waals surface area contributed by atoms with E-state index in [2.05, 4.69) is 5.32 Å². The number of thiophene rings is 1. The zero-order chi connectivity index (χ0) is 11.3. The van der Waals surface area contributed by atoms with Crippen LogP contribution in [0.15, 0.2) is 11.4 Å². The molecule has 0 atom stereocenters. The molecule has 5 nitrogen and oxygen atoms in total. The maximum absolute atomic E-state index is 10.8. The molecule has 0 aliphatic rings. The molecule has 0 saturated carbocycles. The number of aliphatic carboxylic acids is 1. The van der Waals surface area contributed by atoms with Crippen LogP contribution in [0.1, 0.15) is 21.7 Å². The van der Waals surface area contributed by atoms with E-state index >= 15 is 0 Å². The summed E-state index contributed by atoms with van der Waals surface area (Å²) in [6.07, 6.45) is 0.0913. The second kappa shape index (κ2) is 5.47. The van der Waals surface area contributed by atoms with Gasteiger partial charge >= 0.3 is 5.97 Å². The first-order valence-corrected chi connectivity index (χ1v) is 5.27. The van der Waals surface area contributed by atoms with Crippen LogP contribution in [-0.4, -0.2) is 23.5 Å². The molecule has 1 aromatic rings. The first-order valence-electron chi connectivity index (χ1n) is 4.39. The minimum Gasteiger partial charge on any atom is -0.481 e. The number of primary amides is 1. The molecule has 0 aliphatic heterocycles. The predicted octanol–water partition coefficient (Wildman–Crippen LogP) is 0.411. The minimum absolute atomic E-state index is 0.0913. The van der Waals surface area contributed by atoms with Crippen LogP contribution in [-0.2, 0) is 11.3 Å². The normalized spacial score (nSPS) is 10.1. The fraction of sp³-hybridized carbons (Fsp3) is 0.333. The van der Waals surface area contributed by atoms with Crippen molar-refractivity contribution in [3.63, 3.8) is 0 Å². The molecule has 1 rings (SSSR count). The van der Waals surface area contributed by atoms with Crippen molar-refractivity contribution >= 4 is 23.2 Å². The third-order valence-corrected chi connectivity index (χ3v) is 2.69. The van der Waals surface area contributed by atoms with Crippen molar-refractivity contribution in [2.24, 2.45) is 5.73 Å². The van der Waals surface area contributed by atoms with Gasteiger partial charge in [0.1, 0.15) is 0 Å². The van der Waals surface area contributed by atoms with E-state index < -0.39 is 11.9 Å². The standard InChI is InChI=1S/C9H12N2O3S/c10-9(14)6-3-7(15-5-6)4-11-2-1-8(12)13/h3,5,11H,1-2,4H2,(H2,10,14)(H,12,13). The smallest absolute Gasteiger partial charge is 0.304 e. The molecule has 4 N–H and O–H groups in total. The number of amides is 1. The summed E-state index contributed by atoms with van der Waals surface area (Å²) in [6, 6.07) is 1.71. The van der Waals surface area contributed by atoms with Gasteiger partial charge in [0.15, 0.2) is 0 Å². The highest BCUT2D eigenvalue weighted by Crippen LogP contribution is 2.13. The van der Waals surface area contributed by atoms with Gasteiger partial charge in [-0.15, -0.1) is 11.3 Å². The third-order valence-electron chi connectivity index (χ3n) is 1.75. The van der Waals surface area contributed by atoms with Gasteiger partial charge in [-0.1, -0.05) is 0 Å². The van der Waals surface area contributed by atoms with Gasteiger partial charge in [0.2, 0.25) is 5.91 Å². The van der Waals surface area contributed by atoms with Gasteiger partial charge in [-0.25, -0.2) is 0 Å². The van der Waals surface area contributed by atoms with E-state index in [0.29, 0.717) is 18.7 Å². The fourth-order valence-corrected chi connectivity index (χ4v) is 1.85. The van der Waals surface area contributed by atoms with Gasteiger partial charge in [0.05, 0.1) is 12.0 Å². The number of rotatable bonds is 6. The largest absolute Gasteiger partial charge is 0.481 e. The minimum atomic E-state index is -0.827. The second-order valence-electron chi connectivity index (χ2n) is 2.99. The van der Waals surface area contributed by atoms with Gasteiger partial charge < -0.3 is 16.2 Å². The number of carboxylic acid groups (broad SMARTS) is 1. The van der Waals surface area contributed by atoms with E-state index in [9.17, 15) is 9.59 Å². The molecule has 6 heteroatoms. The highest BCUT2D eigenvalue weighted by molar-refractivity contribution is 7.10. The van der Waals surface area contributed by atoms with Crippen molar-refractivity contribution in [3.05, 3.63) is 21.9 Å². The Kier molecular flexibility index (Phi) is 4.26. The SMILES string of the molecule is NC(=O)c1csc(CNCCC(=O)O)c1. The number of carbonyl (C=O) groups excluding carboxylic acids is 1. The highest BCUT2D eigenvalue weighted by Gasteiger charge is 2.04. The summed E-state index contributed by atoms with van der Waals surface area (Å²) in [4.78, 5) is 21.9. The van der Waals surface area contributed by atoms with Crippen LogP contribution in [0, 0.1) is 0 Å². The van der Waals surface area contributed by atoms with E-state index in [1.807, 2.05) is 0 Å². The molecule has 0 fully saturated rings. The van der Waals surface area contributed by atoms with E-state index in [1.165, 1.54) is 11.3 Å². The highest BCUT2D eigenvalue weighted by atomic mass is 32.1. The Hall–Kier alpha value is -1.40. The Labute approximate surface area is 90.9 Å². The number of carbonyl (C=O) groups is 2. The third kappa shape index (κ3) is 4.09. The molecule has 0 spiro atoms. The summed E-state index contributed by atoms with van der Waals surface area (Å²) in [5, 5.41) is 13.0. The average molecular weight is 228 g/mol. The summed E-state index contributed by atoms with van der Waals surface area (Å²) >= 11 is 1.43. The van der Waals surface area contributed by atoms with Gasteiger partial charge in [-0.2, -0.15) is 0 Å². The van der Waals surface area contributed by atoms with Crippen molar-refractivity contribution in [2.75, 3.05) is 6.54 Å². The number of nitrogens with one attached hydrogen (secondary N) is 1. The maximum atomic E-state index is 10.8. The zero-order valence-electron chi connectivity index (χ0n) is 8.03. The number of carboxylic acids is 1. The molecule has 1 aromatic heterocycles. The molecule has 1 heterocycles. The summed E-state index contributed by atoms with van der Waals surface area (Å²) < 4.78 is 0. The number of nitrogens with two attached hydrogens (primary N) is 1. The monoisotopic (exact) mass is 228 g/mol. The summed E-state index contributed by atoms with van der Waals surface area (Å²) in [5.41, 5.74) is 5.59. The molecule has 0 radical (unpaired) electrons. The Morgan fingerprint density at radius 3 is 2.80 bits per heavy atom. The fourth-order valence-electron chi connectivity index (χ4n) is 1.01. The van der Waals surface area contributed by atoms with E-state index in [-0.39, 0.29) is 6.42 Å². The Balaban J connectivity index is 2.31. The lowest BCUT2D eigenvalue weighted by Crippen LogP contribution is -2.17. The summed E-state index contributed by atoms with van der Waals surface area (Å²) in [7, 11) is 0. The van der Waals surface area contributed by atoms with Crippen molar-refractivity contribution in [3.8, 4) is 0 Å². The molecule has 15 heavy (non-hydrogen) atoms. The number of hydrogen-bond donors (Lipinski definition) is 3. The number of hydrogen-bond acceptors (Lipinski definition) is 4. The van der Waals surface area contributed by atoms with Crippen LogP contribution in [0.5, 0.6) is 0 Å². The summed E-state index contributed by atoms with van der Waals surface area (Å²) in [6.45, 7) is 0.977. The van der Waals surface area contributed by atoms with Gasteiger partial charge in [0, 0.05) is 23.3 Å². The molecule has 0 aromatic carbocycles. The molecule has 0 aliphatic carbocycles. The molecular weight excluding hydrogens is 216 g/mol. The van der Waals surface area contributed by atoms with Crippen LogP contribution in [0.2, 0.25) is 0 Å². The first kappa shape index (κ1) is 11.7. The van der Waals surface area contributed by atoms with E-state index in [4.69, 9.17) is 10.8 Å². The van der Waals surface area contributed by atoms with Crippen molar-refractivity contribution in [1.82, 2.24) is 5.32 Å². The van der Waals surface area contributed by atoms with Gasteiger partial charge in [-0.3, -0.25) is 9.59 Å². The molecular formula is C9H12N2O3S. The van der Waals surface area contributed by atoms with Crippen LogP contribution >= 0.6 is 11.3 Å². The Bertz CT molecular complexity index is 362. The maximum Gasteiger partial charge on any atom is 0.304 e. The van der Waals surface area contributed by atoms with Gasteiger partial charge in [-0.05, 0) is 6.07 Å². The van der Waals surface area contributed by atoms with E-state index in [1.54, 1.807) is 11.4 Å². The van der Waals surface area contributed by atoms with Crippen molar-refractivity contribution in [2.45, 2.75) is 13.0 Å².